The predicted octanol–water partition coefficient (Wildman–Crippen LogP) is 2.87. The van der Waals surface area contributed by atoms with E-state index >= 15 is 0 Å². The van der Waals surface area contributed by atoms with Crippen molar-refractivity contribution in [2.24, 2.45) is 0 Å². The van der Waals surface area contributed by atoms with Gasteiger partial charge in [0.15, 0.2) is 0 Å². The summed E-state index contributed by atoms with van der Waals surface area (Å²) in [5.74, 6) is 0.296. The molecule has 3 heteroatoms. The van der Waals surface area contributed by atoms with Crippen LogP contribution in [0.25, 0.3) is 0 Å². The summed E-state index contributed by atoms with van der Waals surface area (Å²) in [5, 5.41) is 20.0. The monoisotopic (exact) mass is 271 g/mol. The average molecular weight is 271 g/mol. The van der Waals surface area contributed by atoms with Gasteiger partial charge in [0.25, 0.3) is 0 Å². The number of nitrogens with zero attached hydrogens (tertiary/aromatic N) is 1. The molecule has 2 N–H and O–H groups in total. The SMILES string of the molecule is Cc1ccc(C(O)CN(C)Cc2ccccc2O)cc1. The van der Waals surface area contributed by atoms with Crippen molar-refractivity contribution in [2.75, 3.05) is 13.6 Å². The third kappa shape index (κ3) is 3.83. The van der Waals surface area contributed by atoms with Crippen molar-refractivity contribution in [2.45, 2.75) is 19.6 Å². The summed E-state index contributed by atoms with van der Waals surface area (Å²) in [7, 11) is 1.93. The van der Waals surface area contributed by atoms with Crippen molar-refractivity contribution in [3.8, 4) is 5.75 Å². The third-order valence-electron chi connectivity index (χ3n) is 3.38. The topological polar surface area (TPSA) is 43.7 Å². The van der Waals surface area contributed by atoms with Gasteiger partial charge in [0.2, 0.25) is 0 Å². The number of rotatable bonds is 5. The Morgan fingerprint density at radius 1 is 1.05 bits per heavy atom. The van der Waals surface area contributed by atoms with E-state index in [1.165, 1.54) is 5.56 Å². The van der Waals surface area contributed by atoms with Gasteiger partial charge in [0.1, 0.15) is 5.75 Å². The molecular weight excluding hydrogens is 250 g/mol. The maximum Gasteiger partial charge on any atom is 0.120 e. The minimum Gasteiger partial charge on any atom is -0.508 e. The molecule has 106 valence electrons. The first-order chi connectivity index (χ1) is 9.56. The highest BCUT2D eigenvalue weighted by molar-refractivity contribution is 5.31. The predicted molar refractivity (Wildman–Crippen MR) is 80.6 cm³/mol. The van der Waals surface area contributed by atoms with E-state index < -0.39 is 6.10 Å². The summed E-state index contributed by atoms with van der Waals surface area (Å²) < 4.78 is 0. The molecule has 2 aromatic rings. The number of hydrogen-bond donors (Lipinski definition) is 2. The molecule has 1 atom stereocenters. The molecule has 0 aliphatic heterocycles. The van der Waals surface area contributed by atoms with Gasteiger partial charge in [0, 0.05) is 18.7 Å². The number of hydrogen-bond acceptors (Lipinski definition) is 3. The van der Waals surface area contributed by atoms with Crippen LogP contribution in [0.15, 0.2) is 48.5 Å². The van der Waals surface area contributed by atoms with Gasteiger partial charge in [-0.2, -0.15) is 0 Å². The van der Waals surface area contributed by atoms with Gasteiger partial charge in [-0.1, -0.05) is 48.0 Å². The van der Waals surface area contributed by atoms with Crippen molar-refractivity contribution in [1.29, 1.82) is 0 Å². The second-order valence-electron chi connectivity index (χ2n) is 5.25. The molecule has 0 heterocycles. The van der Waals surface area contributed by atoms with Crippen LogP contribution < -0.4 is 0 Å². The fraction of sp³-hybridized carbons (Fsp3) is 0.294. The Morgan fingerprint density at radius 2 is 1.70 bits per heavy atom. The summed E-state index contributed by atoms with van der Waals surface area (Å²) in [5.41, 5.74) is 2.97. The minimum absolute atomic E-state index is 0.296. The molecule has 0 amide bonds. The van der Waals surface area contributed by atoms with E-state index in [4.69, 9.17) is 0 Å². The maximum absolute atomic E-state index is 10.2. The number of benzene rings is 2. The molecule has 0 aromatic heterocycles. The number of phenolic OH excluding ortho intramolecular Hbond substituents is 1. The lowest BCUT2D eigenvalue weighted by Crippen LogP contribution is -2.24. The second kappa shape index (κ2) is 6.55. The third-order valence-corrected chi connectivity index (χ3v) is 3.38. The molecular formula is C17H21NO2. The van der Waals surface area contributed by atoms with Crippen LogP contribution in [0.4, 0.5) is 0 Å². The molecule has 0 spiro atoms. The average Bonchev–Trinajstić information content (AvgIpc) is 2.42. The zero-order chi connectivity index (χ0) is 14.5. The molecule has 0 aliphatic carbocycles. The lowest BCUT2D eigenvalue weighted by Gasteiger charge is -2.21. The summed E-state index contributed by atoms with van der Waals surface area (Å²) in [4.78, 5) is 2.00. The van der Waals surface area contributed by atoms with E-state index in [0.717, 1.165) is 11.1 Å². The van der Waals surface area contributed by atoms with Gasteiger partial charge in [0.05, 0.1) is 6.10 Å². The van der Waals surface area contributed by atoms with E-state index in [9.17, 15) is 10.2 Å². The van der Waals surface area contributed by atoms with Gasteiger partial charge in [-0.05, 0) is 25.6 Å². The Morgan fingerprint density at radius 3 is 2.35 bits per heavy atom. The Labute approximate surface area is 120 Å². The molecule has 2 rings (SSSR count). The molecule has 20 heavy (non-hydrogen) atoms. The number of phenols is 1. The fourth-order valence-corrected chi connectivity index (χ4v) is 2.19. The zero-order valence-electron chi connectivity index (χ0n) is 12.0. The molecule has 2 aromatic carbocycles. The lowest BCUT2D eigenvalue weighted by molar-refractivity contribution is 0.123. The Kier molecular flexibility index (Phi) is 4.77. The molecule has 0 bridgehead atoms. The zero-order valence-corrected chi connectivity index (χ0v) is 12.0. The number of aromatic hydroxyl groups is 1. The van der Waals surface area contributed by atoms with Crippen LogP contribution in [-0.4, -0.2) is 28.7 Å². The number of aliphatic hydroxyl groups excluding tert-OH is 1. The highest BCUT2D eigenvalue weighted by Crippen LogP contribution is 2.19. The quantitative estimate of drug-likeness (QED) is 0.879. The van der Waals surface area contributed by atoms with Crippen LogP contribution in [0.1, 0.15) is 22.8 Å². The molecule has 0 aliphatic rings. The lowest BCUT2D eigenvalue weighted by atomic mass is 10.1. The van der Waals surface area contributed by atoms with Gasteiger partial charge in [-0.25, -0.2) is 0 Å². The van der Waals surface area contributed by atoms with E-state index in [2.05, 4.69) is 0 Å². The molecule has 0 radical (unpaired) electrons. The van der Waals surface area contributed by atoms with Crippen molar-refractivity contribution in [3.05, 3.63) is 65.2 Å². The molecule has 0 saturated heterocycles. The fourth-order valence-electron chi connectivity index (χ4n) is 2.19. The first-order valence-corrected chi connectivity index (χ1v) is 6.76. The first-order valence-electron chi connectivity index (χ1n) is 6.76. The highest BCUT2D eigenvalue weighted by Gasteiger charge is 2.12. The number of likely N-dealkylation sites (N-methyl/N-ethyl adjacent to an activating group) is 1. The van der Waals surface area contributed by atoms with Crippen LogP contribution in [0.5, 0.6) is 5.75 Å². The van der Waals surface area contributed by atoms with Gasteiger partial charge >= 0.3 is 0 Å². The largest absolute Gasteiger partial charge is 0.508 e. The standard InChI is InChI=1S/C17H21NO2/c1-13-7-9-14(10-8-13)17(20)12-18(2)11-15-5-3-4-6-16(15)19/h3-10,17,19-20H,11-12H2,1-2H3. The highest BCUT2D eigenvalue weighted by atomic mass is 16.3. The second-order valence-corrected chi connectivity index (χ2v) is 5.25. The van der Waals surface area contributed by atoms with Gasteiger partial charge in [-0.3, -0.25) is 4.90 Å². The van der Waals surface area contributed by atoms with E-state index in [-0.39, 0.29) is 0 Å². The smallest absolute Gasteiger partial charge is 0.120 e. The van der Waals surface area contributed by atoms with Crippen LogP contribution in [0.2, 0.25) is 0 Å². The van der Waals surface area contributed by atoms with E-state index in [1.54, 1.807) is 12.1 Å². The van der Waals surface area contributed by atoms with Gasteiger partial charge in [-0.15, -0.1) is 0 Å². The van der Waals surface area contributed by atoms with Crippen molar-refractivity contribution in [1.82, 2.24) is 4.90 Å². The van der Waals surface area contributed by atoms with Crippen molar-refractivity contribution in [3.63, 3.8) is 0 Å². The number of aliphatic hydroxyl groups is 1. The summed E-state index contributed by atoms with van der Waals surface area (Å²) in [6.45, 7) is 3.16. The van der Waals surface area contributed by atoms with Crippen molar-refractivity contribution < 1.29 is 10.2 Å². The normalized spacial score (nSPS) is 12.6. The van der Waals surface area contributed by atoms with Crippen LogP contribution in [0.3, 0.4) is 0 Å². The molecule has 3 nitrogen and oxygen atoms in total. The first kappa shape index (κ1) is 14.6. The number of para-hydroxylation sites is 1. The summed E-state index contributed by atoms with van der Waals surface area (Å²) in [6, 6.07) is 15.2. The minimum atomic E-state index is -0.522. The van der Waals surface area contributed by atoms with Crippen LogP contribution >= 0.6 is 0 Å². The molecule has 0 saturated carbocycles. The molecule has 0 fully saturated rings. The van der Waals surface area contributed by atoms with Crippen molar-refractivity contribution >= 4 is 0 Å². The summed E-state index contributed by atoms with van der Waals surface area (Å²) >= 11 is 0. The Balaban J connectivity index is 1.96. The van der Waals surface area contributed by atoms with E-state index in [1.807, 2.05) is 55.3 Å². The van der Waals surface area contributed by atoms with E-state index in [0.29, 0.717) is 18.8 Å². The Bertz CT molecular complexity index is 551. The maximum atomic E-state index is 10.2. The van der Waals surface area contributed by atoms with Gasteiger partial charge < -0.3 is 10.2 Å². The molecule has 1 unspecified atom stereocenters. The summed E-state index contributed by atoms with van der Waals surface area (Å²) in [6.07, 6.45) is -0.522. The Hall–Kier alpha value is -1.84. The van der Waals surface area contributed by atoms with Crippen LogP contribution in [-0.2, 0) is 6.54 Å². The van der Waals surface area contributed by atoms with Crippen LogP contribution in [0, 0.1) is 6.92 Å². The number of aryl methyl sites for hydroxylation is 1.